The molecule has 7 heteroatoms. The van der Waals surface area contributed by atoms with E-state index in [0.29, 0.717) is 28.7 Å². The molecule has 6 nitrogen and oxygen atoms in total. The Kier molecular flexibility index (Phi) is 7.32. The Morgan fingerprint density at radius 3 is 2.17 bits per heavy atom. The number of amides is 2. The molecule has 160 valence electrons. The van der Waals surface area contributed by atoms with Crippen LogP contribution in [0.1, 0.15) is 66.0 Å². The maximum atomic E-state index is 13.5. The van der Waals surface area contributed by atoms with Crippen LogP contribution in [0.2, 0.25) is 0 Å². The average Bonchev–Trinajstić information content (AvgIpc) is 2.65. The van der Waals surface area contributed by atoms with E-state index in [2.05, 4.69) is 5.43 Å². The van der Waals surface area contributed by atoms with Gasteiger partial charge in [0.05, 0.1) is 6.04 Å². The lowest BCUT2D eigenvalue weighted by Gasteiger charge is -2.39. The molecule has 2 rings (SSSR count). The van der Waals surface area contributed by atoms with Crippen LogP contribution in [-0.2, 0) is 0 Å². The van der Waals surface area contributed by atoms with Crippen molar-refractivity contribution >= 4 is 30.4 Å². The van der Waals surface area contributed by atoms with E-state index in [-0.39, 0.29) is 24.8 Å². The van der Waals surface area contributed by atoms with E-state index in [1.165, 1.54) is 11.1 Å². The van der Waals surface area contributed by atoms with Gasteiger partial charge < -0.3 is 10.8 Å². The number of aryl methyl sites for hydroxylation is 2. The molecule has 30 heavy (non-hydrogen) atoms. The van der Waals surface area contributed by atoms with Gasteiger partial charge in [-0.15, -0.1) is 0 Å². The zero-order valence-corrected chi connectivity index (χ0v) is 18.7. The Morgan fingerprint density at radius 2 is 1.70 bits per heavy atom. The first-order valence-electron chi connectivity index (χ1n) is 10.2. The zero-order valence-electron chi connectivity index (χ0n) is 18.7. The van der Waals surface area contributed by atoms with Crippen LogP contribution in [0.25, 0.3) is 0 Å². The van der Waals surface area contributed by atoms with Crippen molar-refractivity contribution < 1.29 is 14.6 Å². The number of rotatable bonds is 5. The van der Waals surface area contributed by atoms with E-state index in [1.807, 2.05) is 59.7 Å². The number of hydrazine groups is 1. The van der Waals surface area contributed by atoms with Crippen LogP contribution in [0.5, 0.6) is 0 Å². The number of hydrogen-bond donors (Lipinski definition) is 3. The van der Waals surface area contributed by atoms with Gasteiger partial charge in [-0.2, -0.15) is 0 Å². The van der Waals surface area contributed by atoms with E-state index in [1.54, 1.807) is 12.1 Å². The Hall–Kier alpha value is -2.80. The van der Waals surface area contributed by atoms with Crippen molar-refractivity contribution in [3.05, 3.63) is 58.7 Å². The normalized spacial score (nSPS) is 12.2. The van der Waals surface area contributed by atoms with Crippen LogP contribution in [-0.4, -0.2) is 35.4 Å². The Bertz CT molecular complexity index is 918. The summed E-state index contributed by atoms with van der Waals surface area (Å²) in [4.78, 5) is 26.5. The van der Waals surface area contributed by atoms with Gasteiger partial charge in [0.25, 0.3) is 11.8 Å². The smallest absolute Gasteiger partial charge is 0.306 e. The van der Waals surface area contributed by atoms with Crippen molar-refractivity contribution in [1.82, 2.24) is 10.4 Å². The summed E-state index contributed by atoms with van der Waals surface area (Å²) in [5.74, 6) is -0.677. The maximum absolute atomic E-state index is 13.5. The van der Waals surface area contributed by atoms with E-state index >= 15 is 0 Å². The standard InChI is InChI=1S/C23H32BN3O3/c1-7-20(23(4,5)6)27(22(29)17-11-14(2)10-15(3)12-17)26-21(28)16-8-9-18(24-30)19(25)13-16/h8-13,20,24,30H,7,25H2,1-6H3,(H,26,28)/t20-/m1/s1. The lowest BCUT2D eigenvalue weighted by molar-refractivity contribution is 0.0285. The van der Waals surface area contributed by atoms with E-state index in [4.69, 9.17) is 5.73 Å². The Labute approximate surface area is 179 Å². The number of nitrogens with zero attached hydrogens (tertiary/aromatic N) is 1. The summed E-state index contributed by atoms with van der Waals surface area (Å²) in [5, 5.41) is 10.7. The van der Waals surface area contributed by atoms with Crippen LogP contribution in [0.4, 0.5) is 5.69 Å². The topological polar surface area (TPSA) is 95.7 Å². The van der Waals surface area contributed by atoms with Gasteiger partial charge in [-0.3, -0.25) is 15.0 Å². The number of nitrogens with two attached hydrogens (primary N) is 1. The molecule has 2 amide bonds. The molecule has 4 N–H and O–H groups in total. The molecular weight excluding hydrogens is 377 g/mol. The second-order valence-corrected chi connectivity index (χ2v) is 8.85. The fourth-order valence-corrected chi connectivity index (χ4v) is 3.74. The first-order chi connectivity index (χ1) is 14.0. The number of benzene rings is 2. The SMILES string of the molecule is CC[C@@H](N(NC(=O)c1ccc(BO)c(N)c1)C(=O)c1cc(C)cc(C)c1)C(C)(C)C. The minimum absolute atomic E-state index is 0.201. The number of hydrogen-bond acceptors (Lipinski definition) is 4. The van der Waals surface area contributed by atoms with Crippen molar-refractivity contribution in [2.24, 2.45) is 5.41 Å². The highest BCUT2D eigenvalue weighted by Gasteiger charge is 2.34. The predicted octanol–water partition coefficient (Wildman–Crippen LogP) is 2.47. The predicted molar refractivity (Wildman–Crippen MR) is 123 cm³/mol. The van der Waals surface area contributed by atoms with Crippen molar-refractivity contribution in [3.8, 4) is 0 Å². The van der Waals surface area contributed by atoms with Gasteiger partial charge >= 0.3 is 7.48 Å². The highest BCUT2D eigenvalue weighted by molar-refractivity contribution is 6.48. The van der Waals surface area contributed by atoms with Gasteiger partial charge in [-0.1, -0.05) is 51.0 Å². The maximum Gasteiger partial charge on any atom is 0.306 e. The summed E-state index contributed by atoms with van der Waals surface area (Å²) in [6.07, 6.45) is 0.673. The molecule has 0 aliphatic heterocycles. The molecule has 0 saturated carbocycles. The number of nitrogen functional groups attached to an aromatic ring is 1. The number of nitrogens with one attached hydrogen (secondary N) is 1. The molecule has 0 saturated heterocycles. The van der Waals surface area contributed by atoms with Gasteiger partial charge in [-0.25, -0.2) is 5.01 Å². The molecule has 0 aliphatic carbocycles. The van der Waals surface area contributed by atoms with Crippen LogP contribution in [0, 0.1) is 19.3 Å². The second-order valence-electron chi connectivity index (χ2n) is 8.85. The monoisotopic (exact) mass is 409 g/mol. The third kappa shape index (κ3) is 5.42. The molecule has 0 aromatic heterocycles. The van der Waals surface area contributed by atoms with Gasteiger partial charge in [0, 0.05) is 16.8 Å². The largest absolute Gasteiger partial charge is 0.449 e. The minimum atomic E-state index is -0.424. The van der Waals surface area contributed by atoms with Crippen molar-refractivity contribution in [1.29, 1.82) is 0 Å². The molecule has 0 radical (unpaired) electrons. The Morgan fingerprint density at radius 1 is 1.10 bits per heavy atom. The molecular formula is C23H32BN3O3. The number of anilines is 1. The van der Waals surface area contributed by atoms with E-state index < -0.39 is 5.91 Å². The van der Waals surface area contributed by atoms with Gasteiger partial charge in [0.1, 0.15) is 0 Å². The minimum Gasteiger partial charge on any atom is -0.449 e. The molecule has 0 fully saturated rings. The zero-order chi connectivity index (χ0) is 22.6. The van der Waals surface area contributed by atoms with Gasteiger partial charge in [-0.05, 0) is 55.4 Å². The first kappa shape index (κ1) is 23.5. The lowest BCUT2D eigenvalue weighted by Crippen LogP contribution is -2.56. The highest BCUT2D eigenvalue weighted by Crippen LogP contribution is 2.27. The van der Waals surface area contributed by atoms with Gasteiger partial charge in [0.2, 0.25) is 0 Å². The van der Waals surface area contributed by atoms with Crippen molar-refractivity contribution in [3.63, 3.8) is 0 Å². The first-order valence-corrected chi connectivity index (χ1v) is 10.2. The molecule has 2 aromatic rings. The van der Waals surface area contributed by atoms with Crippen molar-refractivity contribution in [2.75, 3.05) is 5.73 Å². The third-order valence-corrected chi connectivity index (χ3v) is 5.19. The average molecular weight is 409 g/mol. The summed E-state index contributed by atoms with van der Waals surface area (Å²) >= 11 is 0. The molecule has 0 heterocycles. The highest BCUT2D eigenvalue weighted by atomic mass is 16.2. The summed E-state index contributed by atoms with van der Waals surface area (Å²) in [6, 6.07) is 10.2. The molecule has 0 aliphatic rings. The molecule has 1 atom stereocenters. The summed E-state index contributed by atoms with van der Waals surface area (Å²) in [6.45, 7) is 12.0. The molecule has 0 unspecified atom stereocenters. The lowest BCUT2D eigenvalue weighted by atomic mass is 9.84. The quantitative estimate of drug-likeness (QED) is 0.402. The number of carbonyl (C=O) groups excluding carboxylic acids is 2. The van der Waals surface area contributed by atoms with Crippen LogP contribution in [0.3, 0.4) is 0 Å². The van der Waals surface area contributed by atoms with Crippen LogP contribution < -0.4 is 16.6 Å². The van der Waals surface area contributed by atoms with Gasteiger partial charge in [0.15, 0.2) is 0 Å². The summed E-state index contributed by atoms with van der Waals surface area (Å²) < 4.78 is 0. The molecule has 2 aromatic carbocycles. The Balaban J connectivity index is 2.44. The fourth-order valence-electron chi connectivity index (χ4n) is 3.74. The summed E-state index contributed by atoms with van der Waals surface area (Å²) in [5.41, 5.74) is 12.2. The fraction of sp³-hybridized carbons (Fsp3) is 0.391. The number of carbonyl (C=O) groups is 2. The molecule has 0 spiro atoms. The second kappa shape index (κ2) is 9.35. The third-order valence-electron chi connectivity index (χ3n) is 5.19. The van der Waals surface area contributed by atoms with Crippen molar-refractivity contribution in [2.45, 2.75) is 54.0 Å². The molecule has 0 bridgehead atoms. The summed E-state index contributed by atoms with van der Waals surface area (Å²) in [7, 11) is -0.201. The van der Waals surface area contributed by atoms with Crippen LogP contribution in [0.15, 0.2) is 36.4 Å². The van der Waals surface area contributed by atoms with E-state index in [0.717, 1.165) is 11.1 Å². The van der Waals surface area contributed by atoms with Crippen LogP contribution >= 0.6 is 0 Å². The van der Waals surface area contributed by atoms with E-state index in [9.17, 15) is 14.6 Å².